The third-order valence-corrected chi connectivity index (χ3v) is 3.10. The maximum atomic E-state index is 12.7. The van der Waals surface area contributed by atoms with E-state index in [2.05, 4.69) is 10.3 Å². The standard InChI is InChI=1S/C13H18FN3O2/c1-17(8-10-3-2-6-19-9-10)13(18)16-12-5-4-11(14)7-15-12/h4-5,7,10H,2-3,6,8-9H2,1H3,(H,15,16,18)/t10-/m1/s1. The van der Waals surface area contributed by atoms with Crippen LogP contribution in [0.4, 0.5) is 15.0 Å². The van der Waals surface area contributed by atoms with E-state index in [-0.39, 0.29) is 6.03 Å². The van der Waals surface area contributed by atoms with E-state index in [1.54, 1.807) is 11.9 Å². The third-order valence-electron chi connectivity index (χ3n) is 3.10. The second-order valence-corrected chi connectivity index (χ2v) is 4.76. The summed E-state index contributed by atoms with van der Waals surface area (Å²) in [7, 11) is 1.73. The van der Waals surface area contributed by atoms with Gasteiger partial charge in [0.1, 0.15) is 11.6 Å². The number of hydrogen-bond donors (Lipinski definition) is 1. The molecular formula is C13H18FN3O2. The van der Waals surface area contributed by atoms with Crippen LogP contribution in [0.5, 0.6) is 0 Å². The summed E-state index contributed by atoms with van der Waals surface area (Å²) in [5, 5.41) is 2.63. The van der Waals surface area contributed by atoms with Gasteiger partial charge in [-0.05, 0) is 25.0 Å². The molecule has 2 heterocycles. The van der Waals surface area contributed by atoms with Crippen LogP contribution in [0.3, 0.4) is 0 Å². The molecule has 104 valence electrons. The number of pyridine rings is 1. The number of anilines is 1. The molecule has 0 saturated carbocycles. The molecule has 19 heavy (non-hydrogen) atoms. The molecule has 1 atom stereocenters. The quantitative estimate of drug-likeness (QED) is 0.912. The number of halogens is 1. The Hall–Kier alpha value is -1.69. The first kappa shape index (κ1) is 13.7. The zero-order valence-electron chi connectivity index (χ0n) is 10.9. The molecule has 0 unspecified atom stereocenters. The summed E-state index contributed by atoms with van der Waals surface area (Å²) in [5.74, 6) is 0.300. The number of carbonyl (C=O) groups excluding carboxylic acids is 1. The van der Waals surface area contributed by atoms with Crippen LogP contribution in [0.15, 0.2) is 18.3 Å². The smallest absolute Gasteiger partial charge is 0.322 e. The fraction of sp³-hybridized carbons (Fsp3) is 0.538. The molecule has 5 nitrogen and oxygen atoms in total. The van der Waals surface area contributed by atoms with Crippen molar-refractivity contribution in [1.82, 2.24) is 9.88 Å². The van der Waals surface area contributed by atoms with Gasteiger partial charge in [0.25, 0.3) is 0 Å². The molecule has 1 N–H and O–H groups in total. The lowest BCUT2D eigenvalue weighted by Crippen LogP contribution is -2.37. The zero-order valence-corrected chi connectivity index (χ0v) is 10.9. The van der Waals surface area contributed by atoms with Gasteiger partial charge >= 0.3 is 6.03 Å². The molecule has 1 aliphatic heterocycles. The van der Waals surface area contributed by atoms with E-state index in [0.717, 1.165) is 25.6 Å². The van der Waals surface area contributed by atoms with Gasteiger partial charge in [0.05, 0.1) is 12.8 Å². The maximum Gasteiger partial charge on any atom is 0.322 e. The highest BCUT2D eigenvalue weighted by molar-refractivity contribution is 5.88. The van der Waals surface area contributed by atoms with Crippen LogP contribution in [-0.4, -0.2) is 42.7 Å². The van der Waals surface area contributed by atoms with Crippen LogP contribution in [0.2, 0.25) is 0 Å². The van der Waals surface area contributed by atoms with Crippen molar-refractivity contribution in [1.29, 1.82) is 0 Å². The fourth-order valence-corrected chi connectivity index (χ4v) is 2.08. The average Bonchev–Trinajstić information content (AvgIpc) is 2.42. The van der Waals surface area contributed by atoms with Crippen LogP contribution in [0.1, 0.15) is 12.8 Å². The Balaban J connectivity index is 1.83. The molecule has 0 radical (unpaired) electrons. The number of rotatable bonds is 3. The van der Waals surface area contributed by atoms with Crippen molar-refractivity contribution in [3.63, 3.8) is 0 Å². The summed E-state index contributed by atoms with van der Waals surface area (Å²) in [6.07, 6.45) is 3.19. The molecule has 0 aromatic carbocycles. The predicted octanol–water partition coefficient (Wildman–Crippen LogP) is 2.11. The van der Waals surface area contributed by atoms with Crippen molar-refractivity contribution < 1.29 is 13.9 Å². The van der Waals surface area contributed by atoms with Crippen molar-refractivity contribution >= 4 is 11.8 Å². The lowest BCUT2D eigenvalue weighted by Gasteiger charge is -2.27. The van der Waals surface area contributed by atoms with Crippen LogP contribution < -0.4 is 5.32 Å². The number of urea groups is 1. The molecule has 0 aliphatic carbocycles. The van der Waals surface area contributed by atoms with Crippen LogP contribution in [-0.2, 0) is 4.74 Å². The largest absolute Gasteiger partial charge is 0.381 e. The first-order valence-electron chi connectivity index (χ1n) is 6.36. The summed E-state index contributed by atoms with van der Waals surface area (Å²) < 4.78 is 18.1. The number of amides is 2. The summed E-state index contributed by atoms with van der Waals surface area (Å²) >= 11 is 0. The van der Waals surface area contributed by atoms with Crippen molar-refractivity contribution in [2.45, 2.75) is 12.8 Å². The minimum absolute atomic E-state index is 0.246. The second kappa shape index (κ2) is 6.47. The minimum Gasteiger partial charge on any atom is -0.381 e. The molecule has 1 fully saturated rings. The van der Waals surface area contributed by atoms with Gasteiger partial charge < -0.3 is 9.64 Å². The normalized spacial score (nSPS) is 18.9. The van der Waals surface area contributed by atoms with Crippen LogP contribution in [0, 0.1) is 11.7 Å². The van der Waals surface area contributed by atoms with Gasteiger partial charge in [-0.15, -0.1) is 0 Å². The Morgan fingerprint density at radius 1 is 1.63 bits per heavy atom. The molecule has 1 aliphatic rings. The molecule has 6 heteroatoms. The second-order valence-electron chi connectivity index (χ2n) is 4.76. The van der Waals surface area contributed by atoms with E-state index < -0.39 is 5.82 Å². The highest BCUT2D eigenvalue weighted by Gasteiger charge is 2.18. The number of carbonyl (C=O) groups is 1. The average molecular weight is 267 g/mol. The minimum atomic E-state index is -0.425. The number of ether oxygens (including phenoxy) is 1. The van der Waals surface area contributed by atoms with E-state index in [9.17, 15) is 9.18 Å². The molecular weight excluding hydrogens is 249 g/mol. The monoisotopic (exact) mass is 267 g/mol. The summed E-state index contributed by atoms with van der Waals surface area (Å²) in [6, 6.07) is 2.45. The van der Waals surface area contributed by atoms with Gasteiger partial charge in [0, 0.05) is 26.1 Å². The molecule has 1 aromatic heterocycles. The fourth-order valence-electron chi connectivity index (χ4n) is 2.08. The lowest BCUT2D eigenvalue weighted by atomic mass is 10.0. The molecule has 1 saturated heterocycles. The Bertz CT molecular complexity index is 418. The highest BCUT2D eigenvalue weighted by atomic mass is 19.1. The maximum absolute atomic E-state index is 12.7. The van der Waals surface area contributed by atoms with E-state index >= 15 is 0 Å². The lowest BCUT2D eigenvalue weighted by molar-refractivity contribution is 0.0464. The summed E-state index contributed by atoms with van der Waals surface area (Å²) in [4.78, 5) is 17.3. The Morgan fingerprint density at radius 3 is 3.11 bits per heavy atom. The van der Waals surface area contributed by atoms with Gasteiger partial charge in [0.2, 0.25) is 0 Å². The molecule has 1 aromatic rings. The Labute approximate surface area is 111 Å². The van der Waals surface area contributed by atoms with E-state index in [1.807, 2.05) is 0 Å². The van der Waals surface area contributed by atoms with Crippen molar-refractivity contribution in [3.05, 3.63) is 24.1 Å². The number of nitrogens with one attached hydrogen (secondary N) is 1. The molecule has 0 bridgehead atoms. The van der Waals surface area contributed by atoms with Crippen molar-refractivity contribution in [2.75, 3.05) is 32.1 Å². The first-order chi connectivity index (χ1) is 9.15. The number of nitrogens with zero attached hydrogens (tertiary/aromatic N) is 2. The Morgan fingerprint density at radius 2 is 2.47 bits per heavy atom. The number of aromatic nitrogens is 1. The van der Waals surface area contributed by atoms with Crippen molar-refractivity contribution in [3.8, 4) is 0 Å². The third kappa shape index (κ3) is 4.17. The van der Waals surface area contributed by atoms with Gasteiger partial charge in [0.15, 0.2) is 0 Å². The molecule has 0 spiro atoms. The van der Waals surface area contributed by atoms with E-state index in [4.69, 9.17) is 4.74 Å². The topological polar surface area (TPSA) is 54.5 Å². The van der Waals surface area contributed by atoms with Crippen LogP contribution >= 0.6 is 0 Å². The highest BCUT2D eigenvalue weighted by Crippen LogP contribution is 2.15. The van der Waals surface area contributed by atoms with Crippen LogP contribution in [0.25, 0.3) is 0 Å². The SMILES string of the molecule is CN(C[C@H]1CCCOC1)C(=O)Nc1ccc(F)cn1. The number of hydrogen-bond acceptors (Lipinski definition) is 3. The van der Waals surface area contributed by atoms with E-state index in [1.165, 1.54) is 12.1 Å². The van der Waals surface area contributed by atoms with E-state index in [0.29, 0.717) is 24.9 Å². The molecule has 2 rings (SSSR count). The van der Waals surface area contributed by atoms with Gasteiger partial charge in [-0.25, -0.2) is 14.2 Å². The van der Waals surface area contributed by atoms with Gasteiger partial charge in [-0.3, -0.25) is 5.32 Å². The molecule has 2 amide bonds. The Kier molecular flexibility index (Phi) is 4.68. The summed E-state index contributed by atoms with van der Waals surface area (Å²) in [5.41, 5.74) is 0. The zero-order chi connectivity index (χ0) is 13.7. The first-order valence-corrected chi connectivity index (χ1v) is 6.36. The summed E-state index contributed by atoms with van der Waals surface area (Å²) in [6.45, 7) is 2.16. The van der Waals surface area contributed by atoms with Gasteiger partial charge in [-0.2, -0.15) is 0 Å². The predicted molar refractivity (Wildman–Crippen MR) is 69.4 cm³/mol. The van der Waals surface area contributed by atoms with Gasteiger partial charge in [-0.1, -0.05) is 0 Å². The van der Waals surface area contributed by atoms with Crippen molar-refractivity contribution in [2.24, 2.45) is 5.92 Å².